The Hall–Kier alpha value is -2.12. The van der Waals surface area contributed by atoms with Crippen LogP contribution < -0.4 is 9.47 Å². The summed E-state index contributed by atoms with van der Waals surface area (Å²) < 4.78 is 39.2. The minimum absolute atomic E-state index is 0.137. The lowest BCUT2D eigenvalue weighted by molar-refractivity contribution is 0.111. The molecule has 2 heterocycles. The Labute approximate surface area is 147 Å². The Morgan fingerprint density at radius 3 is 2.76 bits per heavy atom. The van der Waals surface area contributed by atoms with E-state index in [1.54, 1.807) is 12.3 Å². The van der Waals surface area contributed by atoms with E-state index in [1.807, 2.05) is 30.3 Å². The van der Waals surface area contributed by atoms with E-state index in [1.165, 1.54) is 10.5 Å². The molecule has 0 bridgehead atoms. The third-order valence-corrected chi connectivity index (χ3v) is 6.24. The molecule has 1 saturated carbocycles. The minimum Gasteiger partial charge on any atom is -0.490 e. The predicted molar refractivity (Wildman–Crippen MR) is 92.1 cm³/mol. The molecule has 1 aliphatic heterocycles. The molecule has 0 N–H and O–H groups in total. The summed E-state index contributed by atoms with van der Waals surface area (Å²) in [5, 5.41) is 0. The molecule has 2 aromatic rings. The summed E-state index contributed by atoms with van der Waals surface area (Å²) in [6.45, 7) is 1.09. The zero-order chi connectivity index (χ0) is 17.3. The molecular weight excluding hydrogens is 340 g/mol. The fourth-order valence-electron chi connectivity index (χ4n) is 2.89. The first-order chi connectivity index (χ1) is 12.1. The van der Waals surface area contributed by atoms with E-state index >= 15 is 0 Å². The molecule has 1 aliphatic carbocycles. The first kappa shape index (κ1) is 16.4. The molecule has 0 amide bonds. The smallest absolute Gasteiger partial charge is 0.248 e. The van der Waals surface area contributed by atoms with Gasteiger partial charge in [-0.2, -0.15) is 4.31 Å². The van der Waals surface area contributed by atoms with Crippen LogP contribution in [-0.2, 0) is 10.0 Å². The second-order valence-electron chi connectivity index (χ2n) is 6.45. The van der Waals surface area contributed by atoms with Crippen LogP contribution in [0.15, 0.2) is 53.7 Å². The molecule has 132 valence electrons. The average Bonchev–Trinajstić information content (AvgIpc) is 3.44. The van der Waals surface area contributed by atoms with Crippen LogP contribution in [0.2, 0.25) is 0 Å². The highest BCUT2D eigenvalue weighted by molar-refractivity contribution is 7.89. The normalized spacial score (nSPS) is 22.5. The van der Waals surface area contributed by atoms with Crippen molar-refractivity contribution in [1.29, 1.82) is 0 Å². The quantitative estimate of drug-likeness (QED) is 0.818. The fraction of sp³-hybridized carbons (Fsp3) is 0.389. The zero-order valence-electron chi connectivity index (χ0n) is 13.7. The maximum absolute atomic E-state index is 13.0. The fourth-order valence-corrected chi connectivity index (χ4v) is 4.51. The molecule has 7 heteroatoms. The Kier molecular flexibility index (Phi) is 4.35. The van der Waals surface area contributed by atoms with Gasteiger partial charge in [-0.3, -0.25) is 4.98 Å². The second kappa shape index (κ2) is 6.65. The van der Waals surface area contributed by atoms with Crippen LogP contribution in [0, 0.1) is 5.92 Å². The summed E-state index contributed by atoms with van der Waals surface area (Å²) in [7, 11) is -3.60. The van der Waals surface area contributed by atoms with Crippen LogP contribution in [0.4, 0.5) is 0 Å². The van der Waals surface area contributed by atoms with Crippen LogP contribution in [0.25, 0.3) is 0 Å². The highest BCUT2D eigenvalue weighted by Crippen LogP contribution is 2.35. The zero-order valence-corrected chi connectivity index (χ0v) is 14.6. The molecule has 1 unspecified atom stereocenters. The molecule has 0 spiro atoms. The van der Waals surface area contributed by atoms with Crippen LogP contribution in [0.5, 0.6) is 11.5 Å². The second-order valence-corrected chi connectivity index (χ2v) is 8.36. The maximum atomic E-state index is 13.0. The van der Waals surface area contributed by atoms with Crippen LogP contribution in [0.1, 0.15) is 12.8 Å². The van der Waals surface area contributed by atoms with Crippen molar-refractivity contribution in [2.24, 2.45) is 5.92 Å². The van der Waals surface area contributed by atoms with Gasteiger partial charge in [-0.15, -0.1) is 0 Å². The third kappa shape index (κ3) is 3.62. The van der Waals surface area contributed by atoms with Crippen molar-refractivity contribution >= 4 is 10.0 Å². The maximum Gasteiger partial charge on any atom is 0.248 e. The van der Waals surface area contributed by atoms with Crippen molar-refractivity contribution in [2.45, 2.75) is 23.8 Å². The minimum atomic E-state index is -3.60. The van der Waals surface area contributed by atoms with Crippen LogP contribution >= 0.6 is 0 Å². The van der Waals surface area contributed by atoms with Crippen molar-refractivity contribution in [3.8, 4) is 11.5 Å². The number of aromatic nitrogens is 1. The number of hydrogen-bond acceptors (Lipinski definition) is 5. The van der Waals surface area contributed by atoms with Gasteiger partial charge in [0.05, 0.1) is 12.7 Å². The molecule has 1 aromatic carbocycles. The standard InChI is InChI=1S/C18H20N2O4S/c21-25(22)18-10-19-9-8-17(18)24-16(12-20(25)11-14-6-7-14)13-23-15-4-2-1-3-5-15/h1-5,8-10,14,16H,6-7,11-13H2. The number of nitrogens with zero attached hydrogens (tertiary/aromatic N) is 2. The van der Waals surface area contributed by atoms with Crippen molar-refractivity contribution in [2.75, 3.05) is 19.7 Å². The Balaban J connectivity index is 1.58. The predicted octanol–water partition coefficient (Wildman–Crippen LogP) is 2.32. The van der Waals surface area contributed by atoms with Crippen molar-refractivity contribution in [3.05, 3.63) is 48.8 Å². The van der Waals surface area contributed by atoms with E-state index in [-0.39, 0.29) is 24.2 Å². The number of sulfonamides is 1. The highest BCUT2D eigenvalue weighted by atomic mass is 32.2. The summed E-state index contributed by atoms with van der Waals surface area (Å²) in [6, 6.07) is 11.0. The van der Waals surface area contributed by atoms with Gasteiger partial charge in [-0.25, -0.2) is 8.42 Å². The van der Waals surface area contributed by atoms with Gasteiger partial charge in [0, 0.05) is 12.7 Å². The van der Waals surface area contributed by atoms with E-state index in [4.69, 9.17) is 9.47 Å². The van der Waals surface area contributed by atoms with Gasteiger partial charge in [0.2, 0.25) is 10.0 Å². The number of ether oxygens (including phenoxy) is 2. The lowest BCUT2D eigenvalue weighted by Gasteiger charge is -2.23. The Morgan fingerprint density at radius 2 is 2.00 bits per heavy atom. The summed E-state index contributed by atoms with van der Waals surface area (Å²) in [6.07, 6.45) is 4.69. The van der Waals surface area contributed by atoms with Gasteiger partial charge in [-0.1, -0.05) is 18.2 Å². The summed E-state index contributed by atoms with van der Waals surface area (Å²) >= 11 is 0. The first-order valence-electron chi connectivity index (χ1n) is 8.41. The van der Waals surface area contributed by atoms with E-state index in [0.717, 1.165) is 18.6 Å². The molecule has 2 aliphatic rings. The molecule has 4 rings (SSSR count). The summed E-state index contributed by atoms with van der Waals surface area (Å²) in [5.74, 6) is 1.53. The van der Waals surface area contributed by atoms with Gasteiger partial charge in [-0.05, 0) is 37.0 Å². The topological polar surface area (TPSA) is 68.7 Å². The van der Waals surface area contributed by atoms with Crippen LogP contribution in [-0.4, -0.2) is 43.5 Å². The third-order valence-electron chi connectivity index (χ3n) is 4.40. The number of hydrogen-bond donors (Lipinski definition) is 0. The van der Waals surface area contributed by atoms with Crippen molar-refractivity contribution in [3.63, 3.8) is 0 Å². The molecule has 1 fully saturated rings. The van der Waals surface area contributed by atoms with E-state index in [0.29, 0.717) is 18.2 Å². The van der Waals surface area contributed by atoms with Gasteiger partial charge >= 0.3 is 0 Å². The number of para-hydroxylation sites is 1. The lowest BCUT2D eigenvalue weighted by Crippen LogP contribution is -2.40. The molecule has 25 heavy (non-hydrogen) atoms. The Morgan fingerprint density at radius 1 is 1.20 bits per heavy atom. The Bertz CT molecular complexity index is 837. The monoisotopic (exact) mass is 360 g/mol. The van der Waals surface area contributed by atoms with E-state index in [9.17, 15) is 8.42 Å². The number of fused-ring (bicyclic) bond motifs is 1. The van der Waals surface area contributed by atoms with Gasteiger partial charge in [0.1, 0.15) is 29.1 Å². The highest BCUT2D eigenvalue weighted by Gasteiger charge is 2.38. The molecular formula is C18H20N2O4S. The van der Waals surface area contributed by atoms with E-state index in [2.05, 4.69) is 4.98 Å². The molecule has 6 nitrogen and oxygen atoms in total. The van der Waals surface area contributed by atoms with Gasteiger partial charge < -0.3 is 9.47 Å². The van der Waals surface area contributed by atoms with Gasteiger partial charge in [0.25, 0.3) is 0 Å². The average molecular weight is 360 g/mol. The first-order valence-corrected chi connectivity index (χ1v) is 9.85. The largest absolute Gasteiger partial charge is 0.490 e. The number of rotatable bonds is 5. The van der Waals surface area contributed by atoms with Crippen molar-refractivity contribution < 1.29 is 17.9 Å². The molecule has 0 radical (unpaired) electrons. The summed E-state index contributed by atoms with van der Waals surface area (Å²) in [4.78, 5) is 4.10. The van der Waals surface area contributed by atoms with Crippen LogP contribution in [0.3, 0.4) is 0 Å². The molecule has 1 atom stereocenters. The summed E-state index contributed by atoms with van der Waals surface area (Å²) in [5.41, 5.74) is 0. The molecule has 1 aromatic heterocycles. The number of benzene rings is 1. The van der Waals surface area contributed by atoms with Crippen molar-refractivity contribution in [1.82, 2.24) is 9.29 Å². The SMILES string of the molecule is O=S1(=O)c2cnccc2OC(COc2ccccc2)CN1CC1CC1. The lowest BCUT2D eigenvalue weighted by atomic mass is 10.3. The van der Waals surface area contributed by atoms with E-state index < -0.39 is 10.0 Å². The molecule has 0 saturated heterocycles. The number of pyridine rings is 1. The van der Waals surface area contributed by atoms with Gasteiger partial charge in [0.15, 0.2) is 0 Å².